The van der Waals surface area contributed by atoms with Gasteiger partial charge in [0.25, 0.3) is 17.7 Å². The van der Waals surface area contributed by atoms with Gasteiger partial charge in [0, 0.05) is 10.9 Å². The Morgan fingerprint density at radius 2 is 1.67 bits per heavy atom. The number of carbonyl (C=O) groups excluding carboxylic acids is 3. The number of amides is 3. The summed E-state index contributed by atoms with van der Waals surface area (Å²) in [5.74, 6) is -0.592. The summed E-state index contributed by atoms with van der Waals surface area (Å²) in [5.41, 5.74) is 3.03. The van der Waals surface area contributed by atoms with Crippen LogP contribution in [-0.2, 0) is 14.4 Å². The van der Waals surface area contributed by atoms with E-state index >= 15 is 0 Å². The van der Waals surface area contributed by atoms with Gasteiger partial charge in [0.1, 0.15) is 12.3 Å². The molecule has 0 aliphatic carbocycles. The number of fused-ring (bicyclic) bond motifs is 2. The molecule has 0 aromatic heterocycles. The van der Waals surface area contributed by atoms with Crippen molar-refractivity contribution in [2.45, 2.75) is 24.5 Å². The van der Waals surface area contributed by atoms with Crippen molar-refractivity contribution in [1.82, 2.24) is 10.0 Å². The minimum absolute atomic E-state index is 0.265. The third kappa shape index (κ3) is 4.75. The van der Waals surface area contributed by atoms with E-state index in [0.717, 1.165) is 37.0 Å². The van der Waals surface area contributed by atoms with Gasteiger partial charge < -0.3 is 4.74 Å². The molecule has 4 aromatic carbocycles. The number of anilines is 1. The average Bonchev–Trinajstić information content (AvgIpc) is 3.73. The molecule has 1 fully saturated rings. The lowest BCUT2D eigenvalue weighted by Gasteiger charge is -2.25. The van der Waals surface area contributed by atoms with E-state index in [9.17, 15) is 14.4 Å². The molecule has 1 saturated heterocycles. The number of carbonyl (C=O) groups is 3. The van der Waals surface area contributed by atoms with Crippen LogP contribution in [0.15, 0.2) is 111 Å². The molecule has 7 rings (SSSR count). The van der Waals surface area contributed by atoms with Crippen molar-refractivity contribution in [2.75, 3.05) is 18.6 Å². The van der Waals surface area contributed by atoms with Gasteiger partial charge in [-0.05, 0) is 64.4 Å². The van der Waals surface area contributed by atoms with Crippen molar-refractivity contribution in [1.29, 1.82) is 0 Å². The molecule has 3 aliphatic rings. The second-order valence-corrected chi connectivity index (χ2v) is 11.4. The summed E-state index contributed by atoms with van der Waals surface area (Å²) in [6, 6.07) is 26.3. The number of ether oxygens (including phenoxy) is 1. The van der Waals surface area contributed by atoms with Gasteiger partial charge in [0.2, 0.25) is 0 Å². The second kappa shape index (κ2) is 10.7. The highest BCUT2D eigenvalue weighted by Gasteiger charge is 2.55. The minimum atomic E-state index is -1.00. The highest BCUT2D eigenvalue weighted by atomic mass is 79.9. The molecule has 4 aromatic rings. The highest BCUT2D eigenvalue weighted by Crippen LogP contribution is 2.36. The van der Waals surface area contributed by atoms with Crippen LogP contribution < -0.4 is 9.64 Å². The lowest BCUT2D eigenvalue weighted by Crippen LogP contribution is -2.44. The van der Waals surface area contributed by atoms with E-state index in [1.54, 1.807) is 31.4 Å². The average molecular weight is 637 g/mol. The zero-order valence-corrected chi connectivity index (χ0v) is 24.6. The van der Waals surface area contributed by atoms with Gasteiger partial charge in [-0.15, -0.1) is 0 Å². The summed E-state index contributed by atoms with van der Waals surface area (Å²) < 4.78 is 6.15. The van der Waals surface area contributed by atoms with E-state index in [4.69, 9.17) is 9.84 Å². The molecular formula is C32H25BrN6O4. The first-order valence-corrected chi connectivity index (χ1v) is 14.5. The molecule has 10 nitrogen and oxygen atoms in total. The summed E-state index contributed by atoms with van der Waals surface area (Å²) >= 11 is 3.37. The van der Waals surface area contributed by atoms with Crippen molar-refractivity contribution in [3.05, 3.63) is 107 Å². The molecule has 3 aliphatic heterocycles. The highest BCUT2D eigenvalue weighted by molar-refractivity contribution is 9.10. The van der Waals surface area contributed by atoms with Crippen LogP contribution in [0.4, 0.5) is 5.69 Å². The largest absolute Gasteiger partial charge is 0.497 e. The van der Waals surface area contributed by atoms with Crippen LogP contribution in [-0.4, -0.2) is 59.2 Å². The molecule has 0 unspecified atom stereocenters. The van der Waals surface area contributed by atoms with E-state index in [0.29, 0.717) is 17.9 Å². The van der Waals surface area contributed by atoms with E-state index in [2.05, 4.69) is 38.4 Å². The number of rotatable bonds is 6. The van der Waals surface area contributed by atoms with E-state index in [-0.39, 0.29) is 18.5 Å². The van der Waals surface area contributed by atoms with Crippen LogP contribution in [0, 0.1) is 0 Å². The maximum absolute atomic E-state index is 13.9. The number of halogens is 1. The number of imide groups is 1. The number of hydrogen-bond donors (Lipinski definition) is 0. The predicted molar refractivity (Wildman–Crippen MR) is 163 cm³/mol. The van der Waals surface area contributed by atoms with Crippen molar-refractivity contribution in [3.8, 4) is 5.75 Å². The fourth-order valence-electron chi connectivity index (χ4n) is 5.78. The lowest BCUT2D eigenvalue weighted by molar-refractivity contribution is -0.135. The number of nitrogens with zero attached hydrogens (tertiary/aromatic N) is 6. The first-order valence-electron chi connectivity index (χ1n) is 13.7. The standard InChI is InChI=1S/C32H25BrN6O4/c1-43-25-14-8-20(9-15-25)27-17-26(22-7-6-19-4-2-3-5-21(19)16-22)35-39(27)28(40)18-37-30-29(34-36-37)31(41)38(32(30)42)24-12-10-23(33)11-13-24/h2-16,27,29-30H,17-18H2,1H3/t27-,29-,30-/m0/s1. The Kier molecular flexibility index (Phi) is 6.73. The summed E-state index contributed by atoms with van der Waals surface area (Å²) in [4.78, 5) is 41.6. The zero-order chi connectivity index (χ0) is 29.7. The lowest BCUT2D eigenvalue weighted by atomic mass is 9.97. The Morgan fingerprint density at radius 3 is 2.42 bits per heavy atom. The molecule has 0 spiro atoms. The summed E-state index contributed by atoms with van der Waals surface area (Å²) in [6.45, 7) is -0.265. The molecule has 11 heteroatoms. The summed E-state index contributed by atoms with van der Waals surface area (Å²) in [6.07, 6.45) is 0.499. The second-order valence-electron chi connectivity index (χ2n) is 10.5. The molecule has 3 heterocycles. The SMILES string of the molecule is COc1ccc([C@@H]2CC(c3ccc4ccccc4c3)=NN2C(=O)CN2N=N[C@@H]3C(=O)N(c4ccc(Br)cc4)C(=O)[C@H]32)cc1. The fraction of sp³-hybridized carbons (Fsp3) is 0.188. The molecule has 0 radical (unpaired) electrons. The van der Waals surface area contributed by atoms with Crippen molar-refractivity contribution in [2.24, 2.45) is 15.4 Å². The smallest absolute Gasteiger partial charge is 0.264 e. The topological polar surface area (TPSA) is 107 Å². The van der Waals surface area contributed by atoms with Gasteiger partial charge in [-0.2, -0.15) is 10.2 Å². The van der Waals surface area contributed by atoms with Crippen LogP contribution in [0.5, 0.6) is 5.75 Å². The van der Waals surface area contributed by atoms with Gasteiger partial charge >= 0.3 is 0 Å². The number of hydrogen-bond acceptors (Lipinski definition) is 8. The molecule has 3 atom stereocenters. The minimum Gasteiger partial charge on any atom is -0.497 e. The molecule has 43 heavy (non-hydrogen) atoms. The normalized spacial score (nSPS) is 21.1. The summed E-state index contributed by atoms with van der Waals surface area (Å²) in [7, 11) is 1.60. The quantitative estimate of drug-likeness (QED) is 0.268. The van der Waals surface area contributed by atoms with Gasteiger partial charge in [0.05, 0.1) is 24.6 Å². The third-order valence-electron chi connectivity index (χ3n) is 7.99. The molecule has 214 valence electrons. The molecule has 3 amide bonds. The van der Waals surface area contributed by atoms with Crippen molar-refractivity contribution >= 4 is 55.8 Å². The third-order valence-corrected chi connectivity index (χ3v) is 8.52. The Balaban J connectivity index is 1.17. The van der Waals surface area contributed by atoms with Gasteiger partial charge in [-0.3, -0.25) is 19.4 Å². The molecule has 0 saturated carbocycles. The van der Waals surface area contributed by atoms with Crippen molar-refractivity contribution in [3.63, 3.8) is 0 Å². The molecule has 0 N–H and O–H groups in total. The van der Waals surface area contributed by atoms with Crippen molar-refractivity contribution < 1.29 is 19.1 Å². The van der Waals surface area contributed by atoms with Crippen LogP contribution in [0.25, 0.3) is 10.8 Å². The van der Waals surface area contributed by atoms with Crippen LogP contribution in [0.3, 0.4) is 0 Å². The van der Waals surface area contributed by atoms with Crippen LogP contribution in [0.2, 0.25) is 0 Å². The molecule has 0 bridgehead atoms. The first kappa shape index (κ1) is 27.0. The first-order chi connectivity index (χ1) is 20.9. The Hall–Kier alpha value is -4.90. The fourth-order valence-corrected chi connectivity index (χ4v) is 6.04. The number of hydrazone groups is 1. The van der Waals surface area contributed by atoms with E-state index in [1.807, 2.05) is 54.6 Å². The Labute approximate surface area is 255 Å². The number of methoxy groups -OCH3 is 1. The monoisotopic (exact) mass is 636 g/mol. The predicted octanol–water partition coefficient (Wildman–Crippen LogP) is 5.28. The van der Waals surface area contributed by atoms with E-state index in [1.165, 1.54) is 10.0 Å². The maximum Gasteiger partial charge on any atom is 0.264 e. The molecular weight excluding hydrogens is 612 g/mol. The zero-order valence-electron chi connectivity index (χ0n) is 23.0. The number of benzene rings is 4. The van der Waals surface area contributed by atoms with Gasteiger partial charge in [-0.25, -0.2) is 9.91 Å². The summed E-state index contributed by atoms with van der Waals surface area (Å²) in [5, 5.41) is 17.9. The van der Waals surface area contributed by atoms with Crippen LogP contribution in [0.1, 0.15) is 23.6 Å². The van der Waals surface area contributed by atoms with E-state index < -0.39 is 23.9 Å². The van der Waals surface area contributed by atoms with Crippen LogP contribution >= 0.6 is 15.9 Å². The Bertz CT molecular complexity index is 1820. The van der Waals surface area contributed by atoms with Gasteiger partial charge in [0.15, 0.2) is 12.1 Å². The Morgan fingerprint density at radius 1 is 0.930 bits per heavy atom. The van der Waals surface area contributed by atoms with Gasteiger partial charge in [-0.1, -0.05) is 69.7 Å². The maximum atomic E-state index is 13.9.